The molecule has 4 aliphatic rings. The number of hydrogen-bond donors (Lipinski definition) is 5. The standard InChI is InChI=1S/C36H36N4O4.C34H34N4O3/c1-20-5-8-25-27-11-13-37-31(35(27)39-29(25)15-20)16-23(22-6-10-33(44-21(2)41)34(18-22)43-4)17-32-36-28(12-14-38-32)26-9-7-24(42-3)19-30(26)40-36;1-19-4-7-23-25-10-12-35-29(33(25)37-27(23)14-19)15-21(20-5-9-32(41-3)31(39)17-20)16-30-34-26(11-13-36-30)24-8-6-22(40-2)18-28(24)38-34/h5-10,15,18-19,23,39-40H,11-14,16-17H2,1-4H3;4-9,14,17-18,21,37-39H,10-13,15-16H2,1-3H3. The van der Waals surface area contributed by atoms with Crippen LogP contribution in [0.25, 0.3) is 43.6 Å². The Morgan fingerprint density at radius 2 is 0.812 bits per heavy atom. The van der Waals surface area contributed by atoms with Gasteiger partial charge in [0.15, 0.2) is 23.0 Å². The number of ether oxygens (including phenoxy) is 5. The van der Waals surface area contributed by atoms with Gasteiger partial charge in [0.05, 0.1) is 74.1 Å². The SMILES string of the molecule is COc1ccc2c3c([nH]c2c1)C(CC(CC1=NCCc2c1[nH]c1cc(C)ccc21)c1ccc(OC(C)=O)c(OC)c1)=NCC3.COc1ccc2c3c([nH]c2c1)C(CC(CC1=NCCc2c1[nH]c1cc(C)ccc21)c1ccc(OC)c(O)c1)=NCC3. The van der Waals surface area contributed by atoms with Crippen LogP contribution in [0.1, 0.15) is 112 Å². The zero-order valence-electron chi connectivity index (χ0n) is 49.2. The number of aromatic hydroxyl groups is 1. The summed E-state index contributed by atoms with van der Waals surface area (Å²) in [5, 5.41) is 15.7. The molecule has 0 saturated heterocycles. The quantitative estimate of drug-likeness (QED) is 0.0497. The molecule has 432 valence electrons. The Kier molecular flexibility index (Phi) is 14.8. The Hall–Kier alpha value is -9.37. The normalized spacial score (nSPS) is 15.1. The van der Waals surface area contributed by atoms with Crippen LogP contribution in [-0.4, -0.2) is 108 Å². The Labute approximate surface area is 493 Å². The van der Waals surface area contributed by atoms with Crippen molar-refractivity contribution in [1.82, 2.24) is 19.9 Å². The molecule has 2 atom stereocenters. The van der Waals surface area contributed by atoms with E-state index in [0.29, 0.717) is 23.7 Å². The molecule has 8 heterocycles. The van der Waals surface area contributed by atoms with Gasteiger partial charge in [-0.2, -0.15) is 0 Å². The Morgan fingerprint density at radius 3 is 1.18 bits per heavy atom. The molecule has 15 heteroatoms. The molecule has 0 aliphatic carbocycles. The van der Waals surface area contributed by atoms with Gasteiger partial charge in [0, 0.05) is 88.8 Å². The molecule has 6 aromatic carbocycles. The number of H-pyrrole nitrogens is 4. The van der Waals surface area contributed by atoms with E-state index in [1.165, 1.54) is 61.8 Å². The van der Waals surface area contributed by atoms with E-state index >= 15 is 0 Å². The number of hydrogen-bond acceptors (Lipinski definition) is 11. The number of aromatic amines is 4. The van der Waals surface area contributed by atoms with Crippen molar-refractivity contribution in [2.24, 2.45) is 20.0 Å². The Morgan fingerprint density at radius 1 is 0.447 bits per heavy atom. The second-order valence-electron chi connectivity index (χ2n) is 22.8. The molecule has 2 unspecified atom stereocenters. The van der Waals surface area contributed by atoms with Gasteiger partial charge in [-0.1, -0.05) is 36.4 Å². The van der Waals surface area contributed by atoms with Crippen molar-refractivity contribution in [2.45, 2.75) is 84.0 Å². The molecule has 14 rings (SSSR count). The van der Waals surface area contributed by atoms with Crippen LogP contribution in [-0.2, 0) is 30.5 Å². The highest BCUT2D eigenvalue weighted by Crippen LogP contribution is 2.41. The molecule has 4 aromatic heterocycles. The van der Waals surface area contributed by atoms with Crippen LogP contribution in [0.5, 0.6) is 34.5 Å². The number of aliphatic imine (C=N–C) groups is 4. The third-order valence-electron chi connectivity index (χ3n) is 17.5. The molecule has 0 saturated carbocycles. The number of esters is 1. The fourth-order valence-corrected chi connectivity index (χ4v) is 13.4. The zero-order chi connectivity index (χ0) is 58.5. The van der Waals surface area contributed by atoms with Crippen molar-refractivity contribution >= 4 is 72.4 Å². The van der Waals surface area contributed by atoms with Gasteiger partial charge in [0.2, 0.25) is 0 Å². The molecule has 0 fully saturated rings. The van der Waals surface area contributed by atoms with E-state index in [9.17, 15) is 9.90 Å². The Bertz CT molecular complexity index is 4400. The molecular formula is C70H70N8O7. The number of nitrogens with one attached hydrogen (secondary N) is 4. The first kappa shape index (κ1) is 54.9. The third kappa shape index (κ3) is 10.6. The smallest absolute Gasteiger partial charge is 0.308 e. The van der Waals surface area contributed by atoms with Gasteiger partial charge in [0.1, 0.15) is 11.5 Å². The number of carbonyl (C=O) groups excluding carboxylic acids is 1. The molecule has 0 amide bonds. The molecule has 10 aromatic rings. The number of benzene rings is 6. The maximum absolute atomic E-state index is 11.7. The summed E-state index contributed by atoms with van der Waals surface area (Å²) in [6.07, 6.45) is 6.53. The van der Waals surface area contributed by atoms with Crippen LogP contribution in [0.3, 0.4) is 0 Å². The van der Waals surface area contributed by atoms with Crippen molar-refractivity contribution in [3.8, 4) is 34.5 Å². The second kappa shape index (κ2) is 23.0. The number of fused-ring (bicyclic) bond motifs is 12. The fourth-order valence-electron chi connectivity index (χ4n) is 13.4. The van der Waals surface area contributed by atoms with Crippen LogP contribution in [0, 0.1) is 13.8 Å². The average Bonchev–Trinajstić information content (AvgIpc) is 4.40. The number of methoxy groups -OCH3 is 4. The maximum Gasteiger partial charge on any atom is 0.308 e. The molecule has 85 heavy (non-hydrogen) atoms. The van der Waals surface area contributed by atoms with Crippen LogP contribution < -0.4 is 23.7 Å². The Balaban J connectivity index is 0.000000159. The largest absolute Gasteiger partial charge is 0.504 e. The molecule has 0 bridgehead atoms. The number of nitrogens with zero attached hydrogens (tertiary/aromatic N) is 4. The van der Waals surface area contributed by atoms with Gasteiger partial charge in [-0.3, -0.25) is 24.8 Å². The zero-order valence-corrected chi connectivity index (χ0v) is 49.2. The summed E-state index contributed by atoms with van der Waals surface area (Å²) in [5.41, 5.74) is 23.1. The molecule has 0 radical (unpaired) electrons. The number of rotatable bonds is 15. The predicted molar refractivity (Wildman–Crippen MR) is 339 cm³/mol. The summed E-state index contributed by atoms with van der Waals surface area (Å²) >= 11 is 0. The fraction of sp³-hybridized carbons (Fsp3) is 0.300. The summed E-state index contributed by atoms with van der Waals surface area (Å²) in [5.74, 6) is 2.92. The first-order chi connectivity index (χ1) is 41.4. The van der Waals surface area contributed by atoms with Crippen molar-refractivity contribution in [3.63, 3.8) is 0 Å². The highest BCUT2D eigenvalue weighted by atomic mass is 16.6. The van der Waals surface area contributed by atoms with Crippen molar-refractivity contribution in [2.75, 3.05) is 54.6 Å². The lowest BCUT2D eigenvalue weighted by Gasteiger charge is -2.24. The van der Waals surface area contributed by atoms with Gasteiger partial charge >= 0.3 is 5.97 Å². The second-order valence-corrected chi connectivity index (χ2v) is 22.8. The highest BCUT2D eigenvalue weighted by Gasteiger charge is 2.31. The van der Waals surface area contributed by atoms with Gasteiger partial charge in [-0.05, 0) is 182 Å². The van der Waals surface area contributed by atoms with E-state index in [1.807, 2.05) is 42.5 Å². The lowest BCUT2D eigenvalue weighted by molar-refractivity contribution is -0.132. The summed E-state index contributed by atoms with van der Waals surface area (Å²) in [7, 11) is 6.56. The number of phenolic OH excluding ortho intramolecular Hbond substituents is 1. The minimum atomic E-state index is -0.384. The van der Waals surface area contributed by atoms with Crippen LogP contribution >= 0.6 is 0 Å². The molecule has 5 N–H and O–H groups in total. The summed E-state index contributed by atoms with van der Waals surface area (Å²) in [6.45, 7) is 8.68. The van der Waals surface area contributed by atoms with E-state index in [4.69, 9.17) is 43.7 Å². The summed E-state index contributed by atoms with van der Waals surface area (Å²) in [6, 6.07) is 37.2. The number of phenols is 1. The van der Waals surface area contributed by atoms with E-state index in [2.05, 4.69) is 101 Å². The van der Waals surface area contributed by atoms with Gasteiger partial charge in [-0.15, -0.1) is 0 Å². The van der Waals surface area contributed by atoms with Crippen LogP contribution in [0.2, 0.25) is 0 Å². The van der Waals surface area contributed by atoms with Crippen molar-refractivity contribution < 1.29 is 33.6 Å². The minimum Gasteiger partial charge on any atom is -0.504 e. The van der Waals surface area contributed by atoms with Crippen LogP contribution in [0.15, 0.2) is 129 Å². The first-order valence-corrected chi connectivity index (χ1v) is 29.4. The van der Waals surface area contributed by atoms with Crippen molar-refractivity contribution in [3.05, 3.63) is 176 Å². The first-order valence-electron chi connectivity index (χ1n) is 29.4. The van der Waals surface area contributed by atoms with E-state index in [-0.39, 0.29) is 23.6 Å². The van der Waals surface area contributed by atoms with Gasteiger partial charge in [0.25, 0.3) is 0 Å². The van der Waals surface area contributed by atoms with E-state index in [0.717, 1.165) is 161 Å². The lowest BCUT2D eigenvalue weighted by atomic mass is 9.84. The highest BCUT2D eigenvalue weighted by molar-refractivity contribution is 6.11. The number of aromatic nitrogens is 4. The monoisotopic (exact) mass is 1130 g/mol. The molecular weight excluding hydrogens is 1060 g/mol. The van der Waals surface area contributed by atoms with Gasteiger partial charge < -0.3 is 48.7 Å². The maximum atomic E-state index is 11.7. The molecule has 15 nitrogen and oxygen atoms in total. The lowest BCUT2D eigenvalue weighted by Crippen LogP contribution is -2.20. The summed E-state index contributed by atoms with van der Waals surface area (Å²) in [4.78, 5) is 46.7. The van der Waals surface area contributed by atoms with E-state index in [1.54, 1.807) is 28.4 Å². The van der Waals surface area contributed by atoms with E-state index < -0.39 is 0 Å². The molecule has 0 spiro atoms. The van der Waals surface area contributed by atoms with Crippen LogP contribution in [0.4, 0.5) is 0 Å². The number of carbonyl (C=O) groups is 1. The predicted octanol–water partition coefficient (Wildman–Crippen LogP) is 13.5. The minimum absolute atomic E-state index is 0.0405. The topological polar surface area (TPSA) is 196 Å². The third-order valence-corrected chi connectivity index (χ3v) is 17.5. The van der Waals surface area contributed by atoms with Gasteiger partial charge in [-0.25, -0.2) is 0 Å². The average molecular weight is 1140 g/mol. The van der Waals surface area contributed by atoms with Crippen molar-refractivity contribution in [1.29, 1.82) is 0 Å². The number of aryl methyl sites for hydroxylation is 2. The summed E-state index contributed by atoms with van der Waals surface area (Å²) < 4.78 is 27.4. The molecule has 4 aliphatic heterocycles.